The van der Waals surface area contributed by atoms with Crippen LogP contribution >= 0.6 is 0 Å². The Bertz CT molecular complexity index is 436. The summed E-state index contributed by atoms with van der Waals surface area (Å²) in [5.41, 5.74) is 5.43. The number of aromatic amines is 1. The van der Waals surface area contributed by atoms with E-state index in [2.05, 4.69) is 19.8 Å². The second-order valence-corrected chi connectivity index (χ2v) is 4.66. The lowest BCUT2D eigenvalue weighted by molar-refractivity contribution is 0.256. The fraction of sp³-hybridized carbons (Fsp3) is 0.667. The van der Waals surface area contributed by atoms with E-state index in [-0.39, 0.29) is 5.56 Å². The molecule has 0 unspecified atom stereocenters. The number of hydrogen-bond acceptors (Lipinski definition) is 5. The van der Waals surface area contributed by atoms with Crippen LogP contribution in [0, 0.1) is 6.92 Å². The molecule has 0 atom stereocenters. The highest BCUT2D eigenvalue weighted by Gasteiger charge is 2.17. The Labute approximate surface area is 107 Å². The van der Waals surface area contributed by atoms with E-state index in [1.807, 2.05) is 6.92 Å². The van der Waals surface area contributed by atoms with Crippen LogP contribution in [0.1, 0.15) is 12.2 Å². The minimum Gasteiger partial charge on any atom is -0.354 e. The molecular weight excluding hydrogens is 230 g/mol. The van der Waals surface area contributed by atoms with E-state index in [0.717, 1.165) is 51.5 Å². The highest BCUT2D eigenvalue weighted by atomic mass is 16.1. The predicted molar refractivity (Wildman–Crippen MR) is 71.9 cm³/mol. The van der Waals surface area contributed by atoms with Gasteiger partial charge in [0, 0.05) is 32.2 Å². The molecule has 1 aromatic rings. The fourth-order valence-corrected chi connectivity index (χ4v) is 2.24. The van der Waals surface area contributed by atoms with E-state index >= 15 is 0 Å². The van der Waals surface area contributed by atoms with Gasteiger partial charge in [-0.1, -0.05) is 0 Å². The minimum atomic E-state index is -0.0805. The lowest BCUT2D eigenvalue weighted by Gasteiger charge is -2.35. The normalized spacial score (nSPS) is 17.1. The van der Waals surface area contributed by atoms with E-state index in [9.17, 15) is 4.79 Å². The van der Waals surface area contributed by atoms with Gasteiger partial charge in [-0.3, -0.25) is 9.69 Å². The van der Waals surface area contributed by atoms with Crippen molar-refractivity contribution in [3.8, 4) is 0 Å². The highest BCUT2D eigenvalue weighted by Crippen LogP contribution is 2.11. The van der Waals surface area contributed by atoms with Crippen molar-refractivity contribution < 1.29 is 0 Å². The van der Waals surface area contributed by atoms with Gasteiger partial charge in [0.25, 0.3) is 5.56 Å². The van der Waals surface area contributed by atoms with Gasteiger partial charge in [-0.25, -0.2) is 4.98 Å². The lowest BCUT2D eigenvalue weighted by Crippen LogP contribution is -2.47. The molecule has 100 valence electrons. The summed E-state index contributed by atoms with van der Waals surface area (Å²) in [6.45, 7) is 7.46. The number of rotatable bonds is 4. The van der Waals surface area contributed by atoms with Gasteiger partial charge in [-0.2, -0.15) is 0 Å². The number of aromatic nitrogens is 2. The van der Waals surface area contributed by atoms with Crippen LogP contribution in [0.5, 0.6) is 0 Å². The van der Waals surface area contributed by atoms with Crippen molar-refractivity contribution in [1.29, 1.82) is 0 Å². The molecule has 3 N–H and O–H groups in total. The SMILES string of the molecule is Cc1nc(N2CCN(CCCN)CC2)cc(=O)[nH]1. The Morgan fingerprint density at radius 2 is 2.11 bits per heavy atom. The van der Waals surface area contributed by atoms with Gasteiger partial charge in [0.15, 0.2) is 0 Å². The Kier molecular flexibility index (Phi) is 4.33. The summed E-state index contributed by atoms with van der Waals surface area (Å²) < 4.78 is 0. The summed E-state index contributed by atoms with van der Waals surface area (Å²) in [6.07, 6.45) is 1.04. The van der Waals surface area contributed by atoms with Crippen molar-refractivity contribution in [2.45, 2.75) is 13.3 Å². The van der Waals surface area contributed by atoms with Crippen molar-refractivity contribution in [2.75, 3.05) is 44.2 Å². The standard InChI is InChI=1S/C12H21N5O/c1-10-14-11(9-12(18)15-10)17-7-5-16(6-8-17)4-2-3-13/h9H,2-8,13H2,1H3,(H,14,15,18). The van der Waals surface area contributed by atoms with Crippen LogP contribution in [0.2, 0.25) is 0 Å². The molecule has 0 amide bonds. The van der Waals surface area contributed by atoms with E-state index in [1.54, 1.807) is 6.07 Å². The third-order valence-electron chi connectivity index (χ3n) is 3.22. The molecule has 0 saturated carbocycles. The summed E-state index contributed by atoms with van der Waals surface area (Å²) in [7, 11) is 0. The van der Waals surface area contributed by atoms with Crippen LogP contribution in [-0.4, -0.2) is 54.1 Å². The smallest absolute Gasteiger partial charge is 0.252 e. The molecule has 2 rings (SSSR count). The van der Waals surface area contributed by atoms with Gasteiger partial charge >= 0.3 is 0 Å². The maximum atomic E-state index is 11.4. The summed E-state index contributed by atoms with van der Waals surface area (Å²) in [5.74, 6) is 1.46. The lowest BCUT2D eigenvalue weighted by atomic mass is 10.3. The average molecular weight is 251 g/mol. The van der Waals surface area contributed by atoms with E-state index in [4.69, 9.17) is 5.73 Å². The Balaban J connectivity index is 1.94. The van der Waals surface area contributed by atoms with Crippen LogP contribution in [0.3, 0.4) is 0 Å². The number of H-pyrrole nitrogens is 1. The minimum absolute atomic E-state index is 0.0805. The zero-order valence-electron chi connectivity index (χ0n) is 10.9. The Hall–Kier alpha value is -1.40. The molecule has 1 aliphatic heterocycles. The van der Waals surface area contributed by atoms with E-state index in [0.29, 0.717) is 5.82 Å². The van der Waals surface area contributed by atoms with Crippen LogP contribution in [0.15, 0.2) is 10.9 Å². The number of aryl methyl sites for hydroxylation is 1. The molecule has 1 fully saturated rings. The van der Waals surface area contributed by atoms with Gasteiger partial charge in [0.1, 0.15) is 11.6 Å². The molecule has 2 heterocycles. The second kappa shape index (κ2) is 5.97. The average Bonchev–Trinajstić information content (AvgIpc) is 2.36. The van der Waals surface area contributed by atoms with Crippen LogP contribution in [-0.2, 0) is 0 Å². The predicted octanol–water partition coefficient (Wildman–Crippen LogP) is -0.451. The van der Waals surface area contributed by atoms with Crippen LogP contribution in [0.25, 0.3) is 0 Å². The van der Waals surface area contributed by atoms with Crippen molar-refractivity contribution >= 4 is 5.82 Å². The zero-order chi connectivity index (χ0) is 13.0. The maximum absolute atomic E-state index is 11.4. The Morgan fingerprint density at radius 1 is 1.39 bits per heavy atom. The van der Waals surface area contributed by atoms with Gasteiger partial charge < -0.3 is 15.6 Å². The van der Waals surface area contributed by atoms with Crippen molar-refractivity contribution in [3.63, 3.8) is 0 Å². The third-order valence-corrected chi connectivity index (χ3v) is 3.22. The number of piperazine rings is 1. The number of nitrogens with zero attached hydrogens (tertiary/aromatic N) is 3. The first-order chi connectivity index (χ1) is 8.69. The molecule has 0 radical (unpaired) electrons. The summed E-state index contributed by atoms with van der Waals surface area (Å²) >= 11 is 0. The van der Waals surface area contributed by atoms with Gasteiger partial charge in [-0.15, -0.1) is 0 Å². The van der Waals surface area contributed by atoms with Crippen LogP contribution < -0.4 is 16.2 Å². The van der Waals surface area contributed by atoms with E-state index < -0.39 is 0 Å². The number of nitrogens with one attached hydrogen (secondary N) is 1. The number of hydrogen-bond donors (Lipinski definition) is 2. The van der Waals surface area contributed by atoms with Gasteiger partial charge in [-0.05, 0) is 26.4 Å². The third kappa shape index (κ3) is 3.30. The molecule has 0 spiro atoms. The van der Waals surface area contributed by atoms with Crippen molar-refractivity contribution in [1.82, 2.24) is 14.9 Å². The molecule has 1 aromatic heterocycles. The number of anilines is 1. The largest absolute Gasteiger partial charge is 0.354 e. The van der Waals surface area contributed by atoms with E-state index in [1.165, 1.54) is 0 Å². The molecule has 6 heteroatoms. The molecule has 1 aliphatic rings. The summed E-state index contributed by atoms with van der Waals surface area (Å²) in [4.78, 5) is 23.0. The van der Waals surface area contributed by atoms with Gasteiger partial charge in [0.2, 0.25) is 0 Å². The summed E-state index contributed by atoms with van der Waals surface area (Å²) in [5, 5.41) is 0. The molecule has 1 saturated heterocycles. The maximum Gasteiger partial charge on any atom is 0.252 e. The second-order valence-electron chi connectivity index (χ2n) is 4.66. The Morgan fingerprint density at radius 3 is 2.72 bits per heavy atom. The van der Waals surface area contributed by atoms with Gasteiger partial charge in [0.05, 0.1) is 0 Å². The first-order valence-corrected chi connectivity index (χ1v) is 6.44. The molecule has 0 bridgehead atoms. The summed E-state index contributed by atoms with van der Waals surface area (Å²) in [6, 6.07) is 1.57. The highest BCUT2D eigenvalue weighted by molar-refractivity contribution is 5.37. The van der Waals surface area contributed by atoms with Crippen LogP contribution in [0.4, 0.5) is 5.82 Å². The number of nitrogens with two attached hydrogens (primary N) is 1. The van der Waals surface area contributed by atoms with Crippen molar-refractivity contribution in [2.24, 2.45) is 5.73 Å². The topological polar surface area (TPSA) is 78.2 Å². The first kappa shape index (κ1) is 13.0. The zero-order valence-corrected chi connectivity index (χ0v) is 10.9. The first-order valence-electron chi connectivity index (χ1n) is 6.44. The monoisotopic (exact) mass is 251 g/mol. The molecule has 0 aliphatic carbocycles. The fourth-order valence-electron chi connectivity index (χ4n) is 2.24. The quantitative estimate of drug-likeness (QED) is 0.758. The van der Waals surface area contributed by atoms with Crippen molar-refractivity contribution in [3.05, 3.63) is 22.2 Å². The molecule has 6 nitrogen and oxygen atoms in total. The molecular formula is C12H21N5O. The molecule has 18 heavy (non-hydrogen) atoms. The molecule has 0 aromatic carbocycles.